The molecule has 35 heavy (non-hydrogen) atoms. The summed E-state index contributed by atoms with van der Waals surface area (Å²) >= 11 is 4.55. The molecular weight excluding hydrogens is 486 g/mol. The van der Waals surface area contributed by atoms with Gasteiger partial charge in [0.1, 0.15) is 6.04 Å². The van der Waals surface area contributed by atoms with E-state index in [0.717, 1.165) is 11.1 Å². The standard InChI is InChI=1S/C25H33N3O5S2/c1-4-33-25(30)17-11-13-27(14-12-17)24(29)22-15-18(34)16-28(22)35(31,32)23-10-6-7-19-20(23)8-5-9-21(19)26(2)3/h5-10,17-18,22,34H,4,11-16H2,1-3H3. The largest absolute Gasteiger partial charge is 0.466 e. The summed E-state index contributed by atoms with van der Waals surface area (Å²) in [6.07, 6.45) is 1.39. The highest BCUT2D eigenvalue weighted by Gasteiger charge is 2.45. The zero-order valence-electron chi connectivity index (χ0n) is 20.4. The van der Waals surface area contributed by atoms with E-state index < -0.39 is 16.1 Å². The number of carbonyl (C=O) groups is 2. The molecule has 190 valence electrons. The van der Waals surface area contributed by atoms with Gasteiger partial charge in [-0.05, 0) is 38.3 Å². The summed E-state index contributed by atoms with van der Waals surface area (Å²) < 4.78 is 34.3. The number of rotatable bonds is 6. The van der Waals surface area contributed by atoms with Gasteiger partial charge in [0.05, 0.1) is 17.4 Å². The molecule has 2 aromatic rings. The predicted octanol–water partition coefficient (Wildman–Crippen LogP) is 2.77. The first-order valence-corrected chi connectivity index (χ1v) is 13.9. The maximum atomic E-state index is 13.9. The van der Waals surface area contributed by atoms with E-state index in [4.69, 9.17) is 4.74 Å². The topological polar surface area (TPSA) is 87.2 Å². The van der Waals surface area contributed by atoms with Gasteiger partial charge in [0, 0.05) is 55.4 Å². The Hall–Kier alpha value is -2.30. The number of ether oxygens (including phenoxy) is 1. The van der Waals surface area contributed by atoms with Gasteiger partial charge in [-0.15, -0.1) is 0 Å². The molecule has 2 fully saturated rings. The minimum absolute atomic E-state index is 0.172. The minimum Gasteiger partial charge on any atom is -0.466 e. The Bertz CT molecular complexity index is 1210. The lowest BCUT2D eigenvalue weighted by molar-refractivity contribution is -0.151. The zero-order valence-corrected chi connectivity index (χ0v) is 22.1. The van der Waals surface area contributed by atoms with E-state index in [2.05, 4.69) is 12.6 Å². The first-order chi connectivity index (χ1) is 16.6. The molecule has 2 saturated heterocycles. The van der Waals surface area contributed by atoms with Crippen LogP contribution in [0, 0.1) is 5.92 Å². The second kappa shape index (κ2) is 10.4. The van der Waals surface area contributed by atoms with Crippen LogP contribution in [0.5, 0.6) is 0 Å². The average Bonchev–Trinajstić information content (AvgIpc) is 3.25. The van der Waals surface area contributed by atoms with Crippen molar-refractivity contribution in [2.75, 3.05) is 45.2 Å². The van der Waals surface area contributed by atoms with Crippen molar-refractivity contribution < 1.29 is 22.7 Å². The summed E-state index contributed by atoms with van der Waals surface area (Å²) in [5.74, 6) is -0.670. The van der Waals surface area contributed by atoms with Crippen LogP contribution in [0.4, 0.5) is 5.69 Å². The number of piperidine rings is 1. The van der Waals surface area contributed by atoms with Crippen LogP contribution in [0.2, 0.25) is 0 Å². The first-order valence-electron chi connectivity index (χ1n) is 12.0. The van der Waals surface area contributed by atoms with Crippen molar-refractivity contribution in [1.82, 2.24) is 9.21 Å². The van der Waals surface area contributed by atoms with Crippen LogP contribution in [0.1, 0.15) is 26.2 Å². The van der Waals surface area contributed by atoms with Gasteiger partial charge in [0.15, 0.2) is 0 Å². The summed E-state index contributed by atoms with van der Waals surface area (Å²) in [7, 11) is -0.124. The predicted molar refractivity (Wildman–Crippen MR) is 139 cm³/mol. The Labute approximate surface area is 212 Å². The lowest BCUT2D eigenvalue weighted by atomic mass is 9.96. The summed E-state index contributed by atoms with van der Waals surface area (Å²) in [6.45, 7) is 3.09. The van der Waals surface area contributed by atoms with E-state index in [-0.39, 0.29) is 34.5 Å². The first kappa shape index (κ1) is 25.8. The highest BCUT2D eigenvalue weighted by atomic mass is 32.2. The molecule has 8 nitrogen and oxygen atoms in total. The quantitative estimate of drug-likeness (QED) is 0.467. The molecule has 0 saturated carbocycles. The van der Waals surface area contributed by atoms with E-state index in [1.165, 1.54) is 4.31 Å². The van der Waals surface area contributed by atoms with E-state index in [1.54, 1.807) is 30.0 Å². The number of hydrogen-bond donors (Lipinski definition) is 1. The molecule has 2 aliphatic rings. The number of hydrogen-bond acceptors (Lipinski definition) is 7. The molecule has 0 N–H and O–H groups in total. The zero-order chi connectivity index (χ0) is 25.3. The van der Waals surface area contributed by atoms with Crippen molar-refractivity contribution in [3.63, 3.8) is 0 Å². The Balaban J connectivity index is 1.60. The van der Waals surface area contributed by atoms with Crippen molar-refractivity contribution in [2.45, 2.75) is 42.4 Å². The Morgan fingerprint density at radius 1 is 1.09 bits per heavy atom. The number of likely N-dealkylation sites (tertiary alicyclic amines) is 1. The molecular formula is C25H33N3O5S2. The van der Waals surface area contributed by atoms with Gasteiger partial charge in [-0.25, -0.2) is 8.42 Å². The van der Waals surface area contributed by atoms with Crippen molar-refractivity contribution in [3.05, 3.63) is 36.4 Å². The lowest BCUT2D eigenvalue weighted by Gasteiger charge is -2.34. The van der Waals surface area contributed by atoms with Crippen molar-refractivity contribution in [3.8, 4) is 0 Å². The number of nitrogens with zero attached hydrogens (tertiary/aromatic N) is 3. The molecule has 0 bridgehead atoms. The second-order valence-electron chi connectivity index (χ2n) is 9.35. The number of anilines is 1. The van der Waals surface area contributed by atoms with Gasteiger partial charge >= 0.3 is 5.97 Å². The molecule has 0 aliphatic carbocycles. The number of esters is 1. The second-order valence-corrected chi connectivity index (χ2v) is 11.9. The third-order valence-corrected chi connectivity index (χ3v) is 9.18. The number of amides is 1. The van der Waals surface area contributed by atoms with Gasteiger partial charge in [-0.3, -0.25) is 9.59 Å². The number of carbonyl (C=O) groups excluding carboxylic acids is 2. The molecule has 2 aliphatic heterocycles. The highest BCUT2D eigenvalue weighted by molar-refractivity contribution is 7.89. The third-order valence-electron chi connectivity index (χ3n) is 6.87. The maximum absolute atomic E-state index is 13.9. The summed E-state index contributed by atoms with van der Waals surface area (Å²) in [5.41, 5.74) is 0.921. The molecule has 2 heterocycles. The maximum Gasteiger partial charge on any atom is 0.309 e. The molecule has 0 aromatic heterocycles. The smallest absolute Gasteiger partial charge is 0.309 e. The van der Waals surface area contributed by atoms with Crippen LogP contribution in [0.3, 0.4) is 0 Å². The van der Waals surface area contributed by atoms with Crippen LogP contribution < -0.4 is 4.90 Å². The lowest BCUT2D eigenvalue weighted by Crippen LogP contribution is -2.50. The highest BCUT2D eigenvalue weighted by Crippen LogP contribution is 2.36. The normalized spacial score (nSPS) is 21.9. The molecule has 2 atom stereocenters. The number of sulfonamides is 1. The molecule has 10 heteroatoms. The third kappa shape index (κ3) is 5.01. The number of benzene rings is 2. The fourth-order valence-electron chi connectivity index (χ4n) is 5.09. The SMILES string of the molecule is CCOC(=O)C1CCN(C(=O)C2CC(S)CN2S(=O)(=O)c2cccc3c(N(C)C)cccc23)CC1. The van der Waals surface area contributed by atoms with E-state index in [0.29, 0.717) is 44.3 Å². The summed E-state index contributed by atoms with van der Waals surface area (Å²) in [6, 6.07) is 10.0. The molecule has 2 aromatic carbocycles. The number of fused-ring (bicyclic) bond motifs is 1. The van der Waals surface area contributed by atoms with Gasteiger partial charge in [-0.1, -0.05) is 24.3 Å². The average molecular weight is 520 g/mol. The van der Waals surface area contributed by atoms with Gasteiger partial charge < -0.3 is 14.5 Å². The fraction of sp³-hybridized carbons (Fsp3) is 0.520. The molecule has 0 spiro atoms. The van der Waals surface area contributed by atoms with Gasteiger partial charge in [-0.2, -0.15) is 16.9 Å². The van der Waals surface area contributed by atoms with E-state index in [1.807, 2.05) is 37.2 Å². The van der Waals surface area contributed by atoms with Crippen LogP contribution >= 0.6 is 12.6 Å². The van der Waals surface area contributed by atoms with Crippen LogP contribution in [-0.2, 0) is 24.3 Å². The fourth-order valence-corrected chi connectivity index (χ4v) is 7.42. The molecule has 2 unspecified atom stereocenters. The molecule has 1 amide bonds. The Kier molecular flexibility index (Phi) is 7.63. The summed E-state index contributed by atoms with van der Waals surface area (Å²) in [5, 5.41) is 1.23. The van der Waals surface area contributed by atoms with Gasteiger partial charge in [0.25, 0.3) is 0 Å². The van der Waals surface area contributed by atoms with Crippen molar-refractivity contribution >= 4 is 51.0 Å². The van der Waals surface area contributed by atoms with Crippen molar-refractivity contribution in [1.29, 1.82) is 0 Å². The minimum atomic E-state index is -3.96. The molecule has 0 radical (unpaired) electrons. The van der Waals surface area contributed by atoms with Gasteiger partial charge in [0.2, 0.25) is 15.9 Å². The summed E-state index contributed by atoms with van der Waals surface area (Å²) in [4.78, 5) is 29.4. The number of thiol groups is 1. The van der Waals surface area contributed by atoms with E-state index in [9.17, 15) is 18.0 Å². The van der Waals surface area contributed by atoms with Crippen LogP contribution in [0.25, 0.3) is 10.8 Å². The van der Waals surface area contributed by atoms with Crippen molar-refractivity contribution in [2.24, 2.45) is 5.92 Å². The van der Waals surface area contributed by atoms with Crippen LogP contribution in [0.15, 0.2) is 41.3 Å². The van der Waals surface area contributed by atoms with Crippen LogP contribution in [-0.4, -0.2) is 81.1 Å². The molecule has 4 rings (SSSR count). The van der Waals surface area contributed by atoms with E-state index >= 15 is 0 Å². The Morgan fingerprint density at radius 3 is 2.40 bits per heavy atom. The Morgan fingerprint density at radius 2 is 1.74 bits per heavy atom. The monoisotopic (exact) mass is 519 g/mol.